The Balaban J connectivity index is 2.45. The van der Waals surface area contributed by atoms with Crippen molar-refractivity contribution in [2.75, 3.05) is 3.93 Å². The quantitative estimate of drug-likeness (QED) is 0.789. The van der Waals surface area contributed by atoms with Gasteiger partial charge < -0.3 is 5.11 Å². The van der Waals surface area contributed by atoms with Crippen LogP contribution in [0.1, 0.15) is 20.3 Å². The zero-order valence-electron chi connectivity index (χ0n) is 8.12. The Bertz CT molecular complexity index is 371. The van der Waals surface area contributed by atoms with E-state index in [4.69, 9.17) is 0 Å². The summed E-state index contributed by atoms with van der Waals surface area (Å²) in [4.78, 5) is 1.18. The molecule has 1 atom stereocenters. The highest BCUT2D eigenvalue weighted by Crippen LogP contribution is 2.53. The van der Waals surface area contributed by atoms with Crippen LogP contribution in [0.15, 0.2) is 23.1 Å². The normalized spacial score (nSPS) is 25.2. The van der Waals surface area contributed by atoms with Crippen molar-refractivity contribution in [1.29, 1.82) is 0 Å². The Labute approximate surface area is 96.6 Å². The number of aromatic hydroxyl groups is 1. The summed E-state index contributed by atoms with van der Waals surface area (Å²) in [5, 5.41) is 9.38. The van der Waals surface area contributed by atoms with E-state index in [0.717, 1.165) is 17.0 Å². The van der Waals surface area contributed by atoms with Gasteiger partial charge in [0.05, 0.1) is 26.7 Å². The van der Waals surface area contributed by atoms with Gasteiger partial charge in [0.2, 0.25) is 0 Å². The number of fused-ring (bicyclic) bond motifs is 1. The fraction of sp³-hybridized carbons (Fsp3) is 0.400. The molecular formula is C10H12BrNOS. The second-order valence-corrected chi connectivity index (χ2v) is 5.80. The predicted octanol–water partition coefficient (Wildman–Crippen LogP) is 3.74. The number of halogens is 1. The summed E-state index contributed by atoms with van der Waals surface area (Å²) in [6.45, 7) is 4.34. The lowest BCUT2D eigenvalue weighted by molar-refractivity contribution is 0.474. The molecule has 0 radical (unpaired) electrons. The van der Waals surface area contributed by atoms with Gasteiger partial charge in [-0.05, 0) is 31.5 Å². The van der Waals surface area contributed by atoms with E-state index >= 15 is 0 Å². The third-order valence-corrected chi connectivity index (χ3v) is 5.41. The fourth-order valence-corrected chi connectivity index (χ4v) is 3.62. The van der Waals surface area contributed by atoms with Crippen molar-refractivity contribution >= 4 is 33.6 Å². The maximum absolute atomic E-state index is 9.38. The van der Waals surface area contributed by atoms with Crippen LogP contribution in [0.2, 0.25) is 0 Å². The van der Waals surface area contributed by atoms with Crippen LogP contribution in [-0.2, 0) is 0 Å². The number of phenolic OH excluding ortho intramolecular Hbond substituents is 1. The number of hydrogen-bond donors (Lipinski definition) is 1. The molecule has 2 rings (SSSR count). The van der Waals surface area contributed by atoms with Crippen molar-refractivity contribution in [3.8, 4) is 5.75 Å². The molecule has 0 bridgehead atoms. The van der Waals surface area contributed by atoms with Crippen molar-refractivity contribution in [3.05, 3.63) is 18.2 Å². The second kappa shape index (κ2) is 3.35. The standard InChI is InChI=1S/C10H12BrNOS/c1-3-10(2)12(11)8-5-4-7(13)6-9(8)14-10/h4-6,13H,3H2,1-2H3. The third kappa shape index (κ3) is 1.41. The first-order chi connectivity index (χ1) is 6.57. The topological polar surface area (TPSA) is 23.5 Å². The zero-order chi connectivity index (χ0) is 10.3. The number of hydrogen-bond acceptors (Lipinski definition) is 3. The molecule has 0 saturated carbocycles. The average Bonchev–Trinajstić information content (AvgIpc) is 2.40. The number of rotatable bonds is 1. The van der Waals surface area contributed by atoms with Gasteiger partial charge in [0, 0.05) is 4.90 Å². The molecule has 1 N–H and O–H groups in total. The first-order valence-electron chi connectivity index (χ1n) is 4.55. The van der Waals surface area contributed by atoms with Crippen LogP contribution in [-0.4, -0.2) is 9.98 Å². The molecule has 1 aliphatic heterocycles. The largest absolute Gasteiger partial charge is 0.508 e. The lowest BCUT2D eigenvalue weighted by atomic mass is 10.2. The lowest BCUT2D eigenvalue weighted by Gasteiger charge is -2.29. The first-order valence-corrected chi connectivity index (χ1v) is 6.07. The highest BCUT2D eigenvalue weighted by Gasteiger charge is 2.38. The summed E-state index contributed by atoms with van der Waals surface area (Å²) < 4.78 is 2.10. The van der Waals surface area contributed by atoms with Gasteiger partial charge >= 0.3 is 0 Å². The molecule has 2 nitrogen and oxygen atoms in total. The summed E-state index contributed by atoms with van der Waals surface area (Å²) in [7, 11) is 0. The van der Waals surface area contributed by atoms with Crippen LogP contribution in [0.5, 0.6) is 5.75 Å². The van der Waals surface area contributed by atoms with Gasteiger partial charge in [-0.3, -0.25) is 3.93 Å². The van der Waals surface area contributed by atoms with Crippen LogP contribution in [0.3, 0.4) is 0 Å². The summed E-state index contributed by atoms with van der Waals surface area (Å²) in [6, 6.07) is 5.47. The Morgan fingerprint density at radius 3 is 2.93 bits per heavy atom. The number of phenols is 1. The number of thioether (sulfide) groups is 1. The first kappa shape index (κ1) is 10.2. The molecule has 1 aliphatic rings. The molecule has 1 unspecified atom stereocenters. The van der Waals surface area contributed by atoms with Crippen LogP contribution in [0, 0.1) is 0 Å². The predicted molar refractivity (Wildman–Crippen MR) is 64.1 cm³/mol. The molecule has 4 heteroatoms. The summed E-state index contributed by atoms with van der Waals surface area (Å²) in [5.41, 5.74) is 1.14. The molecule has 0 amide bonds. The van der Waals surface area contributed by atoms with E-state index < -0.39 is 0 Å². The average molecular weight is 274 g/mol. The molecule has 0 fully saturated rings. The van der Waals surface area contributed by atoms with Crippen LogP contribution >= 0.6 is 27.9 Å². The minimum absolute atomic E-state index is 0.0517. The Morgan fingerprint density at radius 2 is 2.29 bits per heavy atom. The fourth-order valence-electron chi connectivity index (χ4n) is 1.49. The van der Waals surface area contributed by atoms with Crippen molar-refractivity contribution < 1.29 is 5.11 Å². The molecule has 1 aromatic carbocycles. The smallest absolute Gasteiger partial charge is 0.116 e. The van der Waals surface area contributed by atoms with Gasteiger partial charge in [-0.15, -0.1) is 0 Å². The highest BCUT2D eigenvalue weighted by molar-refractivity contribution is 9.10. The number of benzene rings is 1. The molecule has 1 aromatic rings. The van der Waals surface area contributed by atoms with E-state index in [1.165, 1.54) is 0 Å². The van der Waals surface area contributed by atoms with Crippen LogP contribution in [0.25, 0.3) is 0 Å². The SMILES string of the molecule is CCC1(C)Sc2cc(O)ccc2N1Br. The van der Waals surface area contributed by atoms with E-state index in [0.29, 0.717) is 5.75 Å². The van der Waals surface area contributed by atoms with E-state index in [1.54, 1.807) is 17.8 Å². The van der Waals surface area contributed by atoms with Crippen LogP contribution in [0.4, 0.5) is 5.69 Å². The molecule has 1 heterocycles. The van der Waals surface area contributed by atoms with Gasteiger partial charge in [0.1, 0.15) is 5.75 Å². The van der Waals surface area contributed by atoms with Crippen molar-refractivity contribution in [2.45, 2.75) is 30.0 Å². The summed E-state index contributed by atoms with van der Waals surface area (Å²) in [6.07, 6.45) is 1.04. The van der Waals surface area contributed by atoms with Crippen LogP contribution < -0.4 is 3.93 Å². The Hall–Kier alpha value is -0.350. The highest BCUT2D eigenvalue weighted by atomic mass is 79.9. The van der Waals surface area contributed by atoms with Gasteiger partial charge in [-0.2, -0.15) is 0 Å². The van der Waals surface area contributed by atoms with E-state index in [2.05, 4.69) is 33.9 Å². The minimum Gasteiger partial charge on any atom is -0.508 e. The summed E-state index contributed by atoms with van der Waals surface area (Å²) in [5.74, 6) is 0.331. The maximum Gasteiger partial charge on any atom is 0.116 e. The zero-order valence-corrected chi connectivity index (χ0v) is 10.5. The van der Waals surface area contributed by atoms with E-state index in [1.807, 2.05) is 12.1 Å². The molecule has 0 spiro atoms. The minimum atomic E-state index is 0.0517. The van der Waals surface area contributed by atoms with Crippen molar-refractivity contribution in [1.82, 2.24) is 0 Å². The number of anilines is 1. The second-order valence-electron chi connectivity index (χ2n) is 3.56. The molecule has 0 aromatic heterocycles. The number of nitrogens with zero attached hydrogens (tertiary/aromatic N) is 1. The molecular weight excluding hydrogens is 262 g/mol. The van der Waals surface area contributed by atoms with Crippen molar-refractivity contribution in [3.63, 3.8) is 0 Å². The van der Waals surface area contributed by atoms with Gasteiger partial charge in [0.25, 0.3) is 0 Å². The molecule has 0 aliphatic carbocycles. The van der Waals surface area contributed by atoms with Crippen molar-refractivity contribution in [2.24, 2.45) is 0 Å². The lowest BCUT2D eigenvalue weighted by Crippen LogP contribution is -2.31. The summed E-state index contributed by atoms with van der Waals surface area (Å²) >= 11 is 5.35. The Morgan fingerprint density at radius 1 is 1.57 bits per heavy atom. The van der Waals surface area contributed by atoms with E-state index in [9.17, 15) is 5.11 Å². The van der Waals surface area contributed by atoms with Gasteiger partial charge in [-0.25, -0.2) is 0 Å². The third-order valence-electron chi connectivity index (χ3n) is 2.56. The Kier molecular flexibility index (Phi) is 2.43. The molecule has 14 heavy (non-hydrogen) atoms. The maximum atomic E-state index is 9.38. The van der Waals surface area contributed by atoms with Gasteiger partial charge in [0.15, 0.2) is 0 Å². The van der Waals surface area contributed by atoms with Gasteiger partial charge in [-0.1, -0.05) is 18.7 Å². The van der Waals surface area contributed by atoms with E-state index in [-0.39, 0.29) is 4.87 Å². The molecule has 0 saturated heterocycles. The monoisotopic (exact) mass is 273 g/mol. The molecule has 76 valence electrons.